The van der Waals surface area contributed by atoms with Crippen LogP contribution in [0.5, 0.6) is 0 Å². The Morgan fingerprint density at radius 1 is 1.39 bits per heavy atom. The summed E-state index contributed by atoms with van der Waals surface area (Å²) >= 11 is 6.03. The Labute approximate surface area is 111 Å². The van der Waals surface area contributed by atoms with Crippen LogP contribution in [0.4, 0.5) is 5.69 Å². The van der Waals surface area contributed by atoms with Gasteiger partial charge in [0.15, 0.2) is 5.82 Å². The van der Waals surface area contributed by atoms with Crippen molar-refractivity contribution in [2.75, 3.05) is 5.73 Å². The first-order valence-corrected chi connectivity index (χ1v) is 6.18. The molecule has 2 rings (SSSR count). The largest absolute Gasteiger partial charge is 0.398 e. The van der Waals surface area contributed by atoms with Crippen molar-refractivity contribution in [3.05, 3.63) is 23.2 Å². The fourth-order valence-corrected chi connectivity index (χ4v) is 1.77. The van der Waals surface area contributed by atoms with Crippen molar-refractivity contribution in [1.29, 1.82) is 0 Å². The topological polar surface area (TPSA) is 69.6 Å². The number of rotatable bonds is 3. The van der Waals surface area contributed by atoms with Gasteiger partial charge in [0, 0.05) is 5.56 Å². The number of tetrazole rings is 1. The highest BCUT2D eigenvalue weighted by Crippen LogP contribution is 2.28. The van der Waals surface area contributed by atoms with Crippen LogP contribution in [0.25, 0.3) is 11.4 Å². The molecule has 96 valence electrons. The molecule has 0 amide bonds. The molecule has 1 aromatic heterocycles. The second-order valence-electron chi connectivity index (χ2n) is 4.82. The maximum Gasteiger partial charge on any atom is 0.182 e. The maximum absolute atomic E-state index is 6.03. The number of anilines is 1. The van der Waals surface area contributed by atoms with Crippen molar-refractivity contribution in [3.8, 4) is 11.4 Å². The number of hydrogen-bond donors (Lipinski definition) is 1. The lowest BCUT2D eigenvalue weighted by molar-refractivity contribution is 0.305. The Morgan fingerprint density at radius 2 is 2.11 bits per heavy atom. The first-order valence-electron chi connectivity index (χ1n) is 5.80. The molecule has 2 N–H and O–H groups in total. The van der Waals surface area contributed by atoms with Gasteiger partial charge >= 0.3 is 0 Å². The third-order valence-corrected chi connectivity index (χ3v) is 3.49. The van der Waals surface area contributed by atoms with Crippen LogP contribution in [-0.2, 0) is 5.54 Å². The summed E-state index contributed by atoms with van der Waals surface area (Å²) in [7, 11) is 0. The van der Waals surface area contributed by atoms with E-state index >= 15 is 0 Å². The summed E-state index contributed by atoms with van der Waals surface area (Å²) in [5.41, 5.74) is 6.97. The third-order valence-electron chi connectivity index (χ3n) is 3.17. The molecule has 1 heterocycles. The normalized spacial score (nSPS) is 11.8. The molecular weight excluding hydrogens is 250 g/mol. The summed E-state index contributed by atoms with van der Waals surface area (Å²) in [6.45, 7) is 6.28. The average Bonchev–Trinajstić information content (AvgIpc) is 2.82. The van der Waals surface area contributed by atoms with E-state index in [0.717, 1.165) is 12.0 Å². The number of nitrogens with two attached hydrogens (primary N) is 1. The molecule has 0 unspecified atom stereocenters. The Hall–Kier alpha value is -1.62. The molecule has 0 radical (unpaired) electrons. The first-order chi connectivity index (χ1) is 8.45. The van der Waals surface area contributed by atoms with Gasteiger partial charge in [0.2, 0.25) is 0 Å². The van der Waals surface area contributed by atoms with E-state index in [-0.39, 0.29) is 5.54 Å². The predicted octanol–water partition coefficient (Wildman–Crippen LogP) is 2.72. The van der Waals surface area contributed by atoms with Gasteiger partial charge in [-0.1, -0.05) is 18.5 Å². The zero-order valence-electron chi connectivity index (χ0n) is 10.7. The maximum atomic E-state index is 6.03. The van der Waals surface area contributed by atoms with Crippen molar-refractivity contribution in [3.63, 3.8) is 0 Å². The molecule has 2 aromatic rings. The van der Waals surface area contributed by atoms with Gasteiger partial charge < -0.3 is 5.73 Å². The molecule has 18 heavy (non-hydrogen) atoms. The zero-order chi connectivity index (χ0) is 13.3. The minimum absolute atomic E-state index is 0.146. The lowest BCUT2D eigenvalue weighted by atomic mass is 10.0. The summed E-state index contributed by atoms with van der Waals surface area (Å²) in [5.74, 6) is 0.698. The van der Waals surface area contributed by atoms with Crippen molar-refractivity contribution in [2.45, 2.75) is 32.7 Å². The van der Waals surface area contributed by atoms with E-state index < -0.39 is 0 Å². The monoisotopic (exact) mass is 265 g/mol. The highest BCUT2D eigenvalue weighted by atomic mass is 35.5. The molecule has 0 saturated heterocycles. The molecule has 0 saturated carbocycles. The molecule has 0 atom stereocenters. The van der Waals surface area contributed by atoms with Crippen LogP contribution in [0, 0.1) is 0 Å². The molecular formula is C12H16ClN5. The molecule has 6 heteroatoms. The summed E-state index contributed by atoms with van der Waals surface area (Å²) in [6.07, 6.45) is 0.924. The number of halogens is 1. The number of nitrogen functional groups attached to an aromatic ring is 1. The van der Waals surface area contributed by atoms with Crippen LogP contribution < -0.4 is 5.73 Å². The number of benzene rings is 1. The van der Waals surface area contributed by atoms with Gasteiger partial charge in [-0.05, 0) is 48.9 Å². The van der Waals surface area contributed by atoms with E-state index in [2.05, 4.69) is 36.3 Å². The molecule has 0 aliphatic carbocycles. The van der Waals surface area contributed by atoms with Gasteiger partial charge in [0.25, 0.3) is 0 Å². The van der Waals surface area contributed by atoms with E-state index in [0.29, 0.717) is 16.5 Å². The van der Waals surface area contributed by atoms with Crippen molar-refractivity contribution >= 4 is 17.3 Å². The summed E-state index contributed by atoms with van der Waals surface area (Å²) in [6, 6.07) is 5.41. The fraction of sp³-hybridized carbons (Fsp3) is 0.417. The van der Waals surface area contributed by atoms with Gasteiger partial charge in [-0.2, -0.15) is 0 Å². The van der Waals surface area contributed by atoms with Crippen LogP contribution >= 0.6 is 11.6 Å². The Balaban J connectivity index is 2.52. The van der Waals surface area contributed by atoms with Crippen LogP contribution in [0.15, 0.2) is 18.2 Å². The van der Waals surface area contributed by atoms with Gasteiger partial charge in [-0.3, -0.25) is 0 Å². The fourth-order valence-electron chi connectivity index (χ4n) is 1.59. The molecule has 1 aromatic carbocycles. The Morgan fingerprint density at radius 3 is 2.72 bits per heavy atom. The lowest BCUT2D eigenvalue weighted by Gasteiger charge is -2.23. The quantitative estimate of drug-likeness (QED) is 0.867. The third kappa shape index (κ3) is 2.18. The van der Waals surface area contributed by atoms with Gasteiger partial charge in [-0.25, -0.2) is 4.68 Å². The Bertz CT molecular complexity index is 561. The van der Waals surface area contributed by atoms with Gasteiger partial charge in [0.05, 0.1) is 16.2 Å². The number of hydrogen-bond acceptors (Lipinski definition) is 4. The van der Waals surface area contributed by atoms with Crippen molar-refractivity contribution < 1.29 is 0 Å². The summed E-state index contributed by atoms with van der Waals surface area (Å²) in [5, 5.41) is 12.4. The second-order valence-corrected chi connectivity index (χ2v) is 5.22. The zero-order valence-corrected chi connectivity index (χ0v) is 11.4. The van der Waals surface area contributed by atoms with Crippen LogP contribution in [-0.4, -0.2) is 20.2 Å². The van der Waals surface area contributed by atoms with Crippen molar-refractivity contribution in [1.82, 2.24) is 20.2 Å². The smallest absolute Gasteiger partial charge is 0.182 e. The standard InChI is InChI=1S/C12H16ClN5/c1-4-12(2,3)18-11(15-16-17-18)8-5-6-10(14)9(13)7-8/h5-7H,4,14H2,1-3H3. The SMILES string of the molecule is CCC(C)(C)n1nnnc1-c1ccc(N)c(Cl)c1. The summed E-state index contributed by atoms with van der Waals surface area (Å²) < 4.78 is 1.81. The van der Waals surface area contributed by atoms with E-state index in [1.165, 1.54) is 0 Å². The Kier molecular flexibility index (Phi) is 3.26. The van der Waals surface area contributed by atoms with E-state index in [4.69, 9.17) is 17.3 Å². The predicted molar refractivity (Wildman–Crippen MR) is 72.3 cm³/mol. The lowest BCUT2D eigenvalue weighted by Crippen LogP contribution is -2.27. The highest BCUT2D eigenvalue weighted by molar-refractivity contribution is 6.33. The van der Waals surface area contributed by atoms with Gasteiger partial charge in [0.1, 0.15) is 0 Å². The van der Waals surface area contributed by atoms with E-state index in [1.54, 1.807) is 12.1 Å². The number of nitrogens with zero attached hydrogens (tertiary/aromatic N) is 4. The van der Waals surface area contributed by atoms with E-state index in [1.807, 2.05) is 10.7 Å². The molecule has 5 nitrogen and oxygen atoms in total. The molecule has 0 aliphatic heterocycles. The molecule has 0 bridgehead atoms. The average molecular weight is 266 g/mol. The molecule has 0 fully saturated rings. The van der Waals surface area contributed by atoms with Gasteiger partial charge in [-0.15, -0.1) is 5.10 Å². The minimum Gasteiger partial charge on any atom is -0.398 e. The van der Waals surface area contributed by atoms with E-state index in [9.17, 15) is 0 Å². The van der Waals surface area contributed by atoms with Crippen LogP contribution in [0.2, 0.25) is 5.02 Å². The molecule has 0 spiro atoms. The van der Waals surface area contributed by atoms with Crippen molar-refractivity contribution in [2.24, 2.45) is 0 Å². The van der Waals surface area contributed by atoms with Crippen LogP contribution in [0.3, 0.4) is 0 Å². The summed E-state index contributed by atoms with van der Waals surface area (Å²) in [4.78, 5) is 0. The van der Waals surface area contributed by atoms with Crippen LogP contribution in [0.1, 0.15) is 27.2 Å². The first kappa shape index (κ1) is 12.8. The highest BCUT2D eigenvalue weighted by Gasteiger charge is 2.24. The second kappa shape index (κ2) is 4.57. The minimum atomic E-state index is -0.146. The number of aromatic nitrogens is 4. The molecule has 0 aliphatic rings.